The minimum atomic E-state index is 0.0365. The van der Waals surface area contributed by atoms with Gasteiger partial charge in [-0.25, -0.2) is 0 Å². The van der Waals surface area contributed by atoms with E-state index in [1.807, 2.05) is 0 Å². The number of rotatable bonds is 3. The van der Waals surface area contributed by atoms with Gasteiger partial charge in [-0.15, -0.1) is 0 Å². The van der Waals surface area contributed by atoms with E-state index in [2.05, 4.69) is 57.2 Å². The van der Waals surface area contributed by atoms with E-state index in [4.69, 9.17) is 4.74 Å². The summed E-state index contributed by atoms with van der Waals surface area (Å²) in [7, 11) is 0. The van der Waals surface area contributed by atoms with Crippen molar-refractivity contribution in [1.29, 1.82) is 0 Å². The second-order valence-electron chi connectivity index (χ2n) is 7.11. The van der Waals surface area contributed by atoms with E-state index < -0.39 is 0 Å². The van der Waals surface area contributed by atoms with Gasteiger partial charge in [-0.2, -0.15) is 0 Å². The molecule has 2 fully saturated rings. The highest BCUT2D eigenvalue weighted by molar-refractivity contribution is 14.1. The number of alkyl halides is 1. The molecule has 94 valence electrons. The van der Waals surface area contributed by atoms with Gasteiger partial charge in [0.25, 0.3) is 0 Å². The summed E-state index contributed by atoms with van der Waals surface area (Å²) in [6, 6.07) is 0. The molecule has 1 nitrogen and oxygen atoms in total. The molecule has 0 radical (unpaired) electrons. The number of fused-ring (bicyclic) bond motifs is 2. The van der Waals surface area contributed by atoms with E-state index in [0.717, 1.165) is 10.3 Å². The van der Waals surface area contributed by atoms with Gasteiger partial charge in [0.15, 0.2) is 0 Å². The third kappa shape index (κ3) is 1.75. The predicted molar refractivity (Wildman–Crippen MR) is 77.1 cm³/mol. The molecule has 16 heavy (non-hydrogen) atoms. The summed E-state index contributed by atoms with van der Waals surface area (Å²) in [5.41, 5.74) is 0.911. The topological polar surface area (TPSA) is 9.23 Å². The van der Waals surface area contributed by atoms with E-state index in [1.165, 1.54) is 19.3 Å². The zero-order valence-corrected chi connectivity index (χ0v) is 13.4. The van der Waals surface area contributed by atoms with Crippen molar-refractivity contribution in [2.75, 3.05) is 4.43 Å². The molecule has 0 aromatic carbocycles. The van der Waals surface area contributed by atoms with Gasteiger partial charge in [0.05, 0.1) is 11.7 Å². The second kappa shape index (κ2) is 3.84. The average molecular weight is 336 g/mol. The smallest absolute Gasteiger partial charge is 0.0719 e. The molecule has 2 aliphatic rings. The molecule has 0 aromatic heterocycles. The Balaban J connectivity index is 2.16. The summed E-state index contributed by atoms with van der Waals surface area (Å²) in [6.45, 7) is 11.8. The molecule has 0 N–H and O–H groups in total. The van der Waals surface area contributed by atoms with E-state index in [-0.39, 0.29) is 5.60 Å². The molecule has 0 spiro atoms. The molecule has 2 aliphatic carbocycles. The lowest BCUT2D eigenvalue weighted by Gasteiger charge is -2.42. The van der Waals surface area contributed by atoms with Crippen LogP contribution in [-0.2, 0) is 4.74 Å². The summed E-state index contributed by atoms with van der Waals surface area (Å²) in [4.78, 5) is 0. The predicted octanol–water partition coefficient (Wildman–Crippen LogP) is 4.43. The highest BCUT2D eigenvalue weighted by atomic mass is 127. The van der Waals surface area contributed by atoms with Crippen LogP contribution in [0.3, 0.4) is 0 Å². The first-order chi connectivity index (χ1) is 7.23. The summed E-state index contributed by atoms with van der Waals surface area (Å²) in [5.74, 6) is 0.882. The molecular formula is C14H25IO. The van der Waals surface area contributed by atoms with Crippen LogP contribution in [0, 0.1) is 16.7 Å². The first kappa shape index (κ1) is 13.1. The standard InChI is InChI=1S/C14H25IO/c1-12(2,9-15)16-11-8-10-6-7-14(11,5)13(10,3)4/h10-11H,6-9H2,1-5H3. The number of hydrogen-bond acceptors (Lipinski definition) is 1. The quantitative estimate of drug-likeness (QED) is 0.547. The second-order valence-corrected chi connectivity index (χ2v) is 7.87. The van der Waals surface area contributed by atoms with Crippen molar-refractivity contribution >= 4 is 22.6 Å². The highest BCUT2D eigenvalue weighted by Gasteiger charge is 2.62. The molecule has 0 aliphatic heterocycles. The Bertz CT molecular complexity index is 284. The SMILES string of the molecule is CC(C)(CI)OC1CC2CCC1(C)C2(C)C. The first-order valence-corrected chi connectivity index (χ1v) is 7.99. The van der Waals surface area contributed by atoms with Crippen molar-refractivity contribution in [3.05, 3.63) is 0 Å². The minimum Gasteiger partial charge on any atom is -0.371 e. The third-order valence-corrected chi connectivity index (χ3v) is 7.33. The van der Waals surface area contributed by atoms with Gasteiger partial charge in [-0.05, 0) is 49.9 Å². The van der Waals surface area contributed by atoms with Crippen LogP contribution in [0.15, 0.2) is 0 Å². The Hall–Kier alpha value is 0.690. The van der Waals surface area contributed by atoms with Crippen LogP contribution in [0.5, 0.6) is 0 Å². The normalized spacial score (nSPS) is 41.6. The lowest BCUT2D eigenvalue weighted by atomic mass is 9.70. The minimum absolute atomic E-state index is 0.0365. The highest BCUT2D eigenvalue weighted by Crippen LogP contribution is 2.66. The Morgan fingerprint density at radius 1 is 1.31 bits per heavy atom. The fourth-order valence-corrected chi connectivity index (χ4v) is 3.90. The van der Waals surface area contributed by atoms with Gasteiger partial charge < -0.3 is 4.74 Å². The Kier molecular flexibility index (Phi) is 3.15. The summed E-state index contributed by atoms with van der Waals surface area (Å²) < 4.78 is 7.48. The van der Waals surface area contributed by atoms with Gasteiger partial charge in [-0.3, -0.25) is 0 Å². The molecular weight excluding hydrogens is 311 g/mol. The van der Waals surface area contributed by atoms with Crippen molar-refractivity contribution in [2.24, 2.45) is 16.7 Å². The van der Waals surface area contributed by atoms with Gasteiger partial charge >= 0.3 is 0 Å². The molecule has 2 saturated carbocycles. The number of ether oxygens (including phenoxy) is 1. The first-order valence-electron chi connectivity index (χ1n) is 6.47. The van der Waals surface area contributed by atoms with E-state index in [0.29, 0.717) is 16.9 Å². The van der Waals surface area contributed by atoms with E-state index in [1.54, 1.807) is 0 Å². The molecule has 0 saturated heterocycles. The Labute approximate surface area is 114 Å². The fraction of sp³-hybridized carbons (Fsp3) is 1.00. The van der Waals surface area contributed by atoms with Gasteiger partial charge in [0, 0.05) is 4.43 Å². The third-order valence-electron chi connectivity index (χ3n) is 5.50. The van der Waals surface area contributed by atoms with Gasteiger partial charge in [0.1, 0.15) is 0 Å². The van der Waals surface area contributed by atoms with Crippen molar-refractivity contribution in [3.8, 4) is 0 Å². The van der Waals surface area contributed by atoms with Crippen LogP contribution >= 0.6 is 22.6 Å². The van der Waals surface area contributed by atoms with Crippen LogP contribution in [-0.4, -0.2) is 16.1 Å². The number of hydrogen-bond donors (Lipinski definition) is 0. The summed E-state index contributed by atoms with van der Waals surface area (Å²) in [5, 5.41) is 0. The molecule has 2 rings (SSSR count). The zero-order valence-electron chi connectivity index (χ0n) is 11.3. The van der Waals surface area contributed by atoms with E-state index in [9.17, 15) is 0 Å². The van der Waals surface area contributed by atoms with Crippen molar-refractivity contribution in [3.63, 3.8) is 0 Å². The summed E-state index contributed by atoms with van der Waals surface area (Å²) >= 11 is 2.44. The van der Waals surface area contributed by atoms with Crippen LogP contribution in [0.25, 0.3) is 0 Å². The zero-order chi connectivity index (χ0) is 12.2. The number of halogens is 1. The van der Waals surface area contributed by atoms with Gasteiger partial charge in [0.2, 0.25) is 0 Å². The van der Waals surface area contributed by atoms with Crippen molar-refractivity contribution in [2.45, 2.75) is 65.6 Å². The van der Waals surface area contributed by atoms with Crippen LogP contribution < -0.4 is 0 Å². The molecule has 3 atom stereocenters. The van der Waals surface area contributed by atoms with Crippen LogP contribution in [0.4, 0.5) is 0 Å². The maximum Gasteiger partial charge on any atom is 0.0719 e. The van der Waals surface area contributed by atoms with Crippen LogP contribution in [0.1, 0.15) is 53.9 Å². The van der Waals surface area contributed by atoms with E-state index >= 15 is 0 Å². The van der Waals surface area contributed by atoms with Crippen molar-refractivity contribution < 1.29 is 4.74 Å². The average Bonchev–Trinajstić information content (AvgIpc) is 2.50. The Morgan fingerprint density at radius 3 is 2.31 bits per heavy atom. The van der Waals surface area contributed by atoms with Crippen molar-refractivity contribution in [1.82, 2.24) is 0 Å². The van der Waals surface area contributed by atoms with Crippen LogP contribution in [0.2, 0.25) is 0 Å². The molecule has 2 bridgehead atoms. The van der Waals surface area contributed by atoms with Gasteiger partial charge in [-0.1, -0.05) is 43.4 Å². The molecule has 3 unspecified atom stereocenters. The maximum atomic E-state index is 6.41. The Morgan fingerprint density at radius 2 is 1.94 bits per heavy atom. The molecule has 0 amide bonds. The molecule has 2 heteroatoms. The lowest BCUT2D eigenvalue weighted by molar-refractivity contribution is -0.116. The summed E-state index contributed by atoms with van der Waals surface area (Å²) in [6.07, 6.45) is 4.52. The lowest BCUT2D eigenvalue weighted by Crippen LogP contribution is -2.42. The largest absolute Gasteiger partial charge is 0.371 e. The monoisotopic (exact) mass is 336 g/mol. The molecule has 0 heterocycles. The fourth-order valence-electron chi connectivity index (χ4n) is 3.73. The molecule has 0 aromatic rings. The maximum absolute atomic E-state index is 6.41.